The highest BCUT2D eigenvalue weighted by Crippen LogP contribution is 2.22. The molecule has 0 aromatic heterocycles. The van der Waals surface area contributed by atoms with Gasteiger partial charge in [0, 0.05) is 5.57 Å². The van der Waals surface area contributed by atoms with Gasteiger partial charge in [0.25, 0.3) is 0 Å². The molecule has 3 heteroatoms. The molecule has 0 amide bonds. The highest BCUT2D eigenvalue weighted by atomic mass is 16.5. The van der Waals surface area contributed by atoms with Crippen molar-refractivity contribution in [3.05, 3.63) is 70.8 Å². The van der Waals surface area contributed by atoms with Gasteiger partial charge in [0.2, 0.25) is 0 Å². The number of aryl methyl sites for hydroxylation is 1. The maximum absolute atomic E-state index is 12.0. The number of unbranched alkanes of at least 4 members (excludes halogenated alkanes) is 2. The molecule has 138 valence electrons. The number of hydrogen-bond donors (Lipinski definition) is 0. The van der Waals surface area contributed by atoms with E-state index in [-0.39, 0.29) is 5.97 Å². The molecule has 26 heavy (non-hydrogen) atoms. The fourth-order valence-electron chi connectivity index (χ4n) is 2.76. The molecule has 0 aliphatic rings. The van der Waals surface area contributed by atoms with Crippen LogP contribution in [-0.2, 0) is 16.1 Å². The van der Waals surface area contributed by atoms with E-state index in [2.05, 4.69) is 6.92 Å². The van der Waals surface area contributed by atoms with Crippen molar-refractivity contribution in [2.24, 2.45) is 0 Å². The van der Waals surface area contributed by atoms with Crippen molar-refractivity contribution in [3.63, 3.8) is 0 Å². The Bertz CT molecular complexity index is 732. The van der Waals surface area contributed by atoms with Gasteiger partial charge >= 0.3 is 5.97 Å². The van der Waals surface area contributed by atoms with Crippen LogP contribution in [0.1, 0.15) is 49.3 Å². The summed E-state index contributed by atoms with van der Waals surface area (Å²) in [7, 11) is 1.43. The first-order chi connectivity index (χ1) is 12.6. The molecule has 0 saturated heterocycles. The normalized spacial score (nSPS) is 11.3. The van der Waals surface area contributed by atoms with E-state index >= 15 is 0 Å². The molecule has 0 aliphatic heterocycles. The lowest BCUT2D eigenvalue weighted by atomic mass is 10.0. The molecular formula is C23H28O3. The van der Waals surface area contributed by atoms with Gasteiger partial charge in [0.15, 0.2) is 0 Å². The largest absolute Gasteiger partial charge is 0.489 e. The summed E-state index contributed by atoms with van der Waals surface area (Å²) in [4.78, 5) is 12.0. The van der Waals surface area contributed by atoms with E-state index in [0.717, 1.165) is 53.7 Å². The fraction of sp³-hybridized carbons (Fsp3) is 0.348. The number of ether oxygens (including phenoxy) is 2. The van der Waals surface area contributed by atoms with Crippen LogP contribution < -0.4 is 4.74 Å². The third-order valence-electron chi connectivity index (χ3n) is 4.32. The molecule has 0 N–H and O–H groups in total. The van der Waals surface area contributed by atoms with Crippen LogP contribution in [0.5, 0.6) is 5.75 Å². The van der Waals surface area contributed by atoms with E-state index in [4.69, 9.17) is 9.47 Å². The molecule has 0 radical (unpaired) electrons. The second-order valence-electron chi connectivity index (χ2n) is 6.41. The molecule has 3 nitrogen and oxygen atoms in total. The highest BCUT2D eigenvalue weighted by Gasteiger charge is 2.10. The Hall–Kier alpha value is -2.55. The summed E-state index contributed by atoms with van der Waals surface area (Å²) in [6.45, 7) is 4.72. The molecule has 0 saturated carbocycles. The molecule has 0 atom stereocenters. The molecule has 0 heterocycles. The SMILES string of the molecule is CCCCC/C(=C/c1ccc(OCc2ccccc2)cc1C)C(=O)OC. The van der Waals surface area contributed by atoms with E-state index in [1.165, 1.54) is 7.11 Å². The topological polar surface area (TPSA) is 35.5 Å². The smallest absolute Gasteiger partial charge is 0.333 e. The van der Waals surface area contributed by atoms with E-state index in [1.54, 1.807) is 0 Å². The van der Waals surface area contributed by atoms with Gasteiger partial charge in [0.05, 0.1) is 7.11 Å². The van der Waals surface area contributed by atoms with Crippen molar-refractivity contribution in [1.29, 1.82) is 0 Å². The van der Waals surface area contributed by atoms with Crippen LogP contribution in [0.4, 0.5) is 0 Å². The van der Waals surface area contributed by atoms with Gasteiger partial charge < -0.3 is 9.47 Å². The first-order valence-electron chi connectivity index (χ1n) is 9.20. The Morgan fingerprint density at radius 2 is 1.85 bits per heavy atom. The van der Waals surface area contributed by atoms with E-state index in [0.29, 0.717) is 6.61 Å². The maximum atomic E-state index is 12.0. The van der Waals surface area contributed by atoms with E-state index < -0.39 is 0 Å². The summed E-state index contributed by atoms with van der Waals surface area (Å²) in [5.74, 6) is 0.582. The molecule has 2 aromatic carbocycles. The summed E-state index contributed by atoms with van der Waals surface area (Å²) >= 11 is 0. The average Bonchev–Trinajstić information content (AvgIpc) is 2.67. The zero-order chi connectivity index (χ0) is 18.8. The molecule has 0 bridgehead atoms. The standard InChI is InChI=1S/C23H28O3/c1-4-5-7-12-21(23(24)25-3)16-20-13-14-22(15-18(20)2)26-17-19-10-8-6-9-11-19/h6,8-11,13-16H,4-5,7,12,17H2,1-3H3/b21-16-. The van der Waals surface area contributed by atoms with Gasteiger partial charge in [0.1, 0.15) is 12.4 Å². The average molecular weight is 352 g/mol. The number of carbonyl (C=O) groups excluding carboxylic acids is 1. The number of carbonyl (C=O) groups is 1. The number of benzene rings is 2. The highest BCUT2D eigenvalue weighted by molar-refractivity contribution is 5.93. The zero-order valence-electron chi connectivity index (χ0n) is 16.0. The van der Waals surface area contributed by atoms with Crippen molar-refractivity contribution >= 4 is 12.0 Å². The third kappa shape index (κ3) is 6.07. The van der Waals surface area contributed by atoms with Gasteiger partial charge in [-0.15, -0.1) is 0 Å². The van der Waals surface area contributed by atoms with Crippen molar-refractivity contribution in [2.75, 3.05) is 7.11 Å². The molecule has 2 rings (SSSR count). The number of rotatable bonds is 9. The Morgan fingerprint density at radius 1 is 1.08 bits per heavy atom. The van der Waals surface area contributed by atoms with Gasteiger partial charge in [-0.1, -0.05) is 56.2 Å². The maximum Gasteiger partial charge on any atom is 0.333 e. The first kappa shape index (κ1) is 19.8. The third-order valence-corrected chi connectivity index (χ3v) is 4.32. The quantitative estimate of drug-likeness (QED) is 0.329. The zero-order valence-corrected chi connectivity index (χ0v) is 16.0. The van der Waals surface area contributed by atoms with Crippen molar-refractivity contribution in [1.82, 2.24) is 0 Å². The van der Waals surface area contributed by atoms with Crippen LogP contribution in [0.15, 0.2) is 54.1 Å². The Kier molecular flexibility index (Phi) is 7.94. The number of hydrogen-bond acceptors (Lipinski definition) is 3. The van der Waals surface area contributed by atoms with Crippen LogP contribution in [0, 0.1) is 6.92 Å². The van der Waals surface area contributed by atoms with Crippen LogP contribution in [0.25, 0.3) is 6.08 Å². The summed E-state index contributed by atoms with van der Waals surface area (Å²) < 4.78 is 10.8. The molecule has 2 aromatic rings. The molecular weight excluding hydrogens is 324 g/mol. The second-order valence-corrected chi connectivity index (χ2v) is 6.41. The van der Waals surface area contributed by atoms with Gasteiger partial charge in [-0.2, -0.15) is 0 Å². The Balaban J connectivity index is 2.09. The minimum absolute atomic E-state index is 0.245. The van der Waals surface area contributed by atoms with Crippen molar-refractivity contribution < 1.29 is 14.3 Å². The second kappa shape index (κ2) is 10.4. The summed E-state index contributed by atoms with van der Waals surface area (Å²) in [6, 6.07) is 16.0. The van der Waals surface area contributed by atoms with Gasteiger partial charge in [-0.05, 0) is 54.7 Å². The predicted molar refractivity (Wildman–Crippen MR) is 106 cm³/mol. The van der Waals surface area contributed by atoms with E-state index in [9.17, 15) is 4.79 Å². The molecule has 0 fully saturated rings. The summed E-state index contributed by atoms with van der Waals surface area (Å²) in [5.41, 5.74) is 3.96. The fourth-order valence-corrected chi connectivity index (χ4v) is 2.76. The first-order valence-corrected chi connectivity index (χ1v) is 9.20. The van der Waals surface area contributed by atoms with E-state index in [1.807, 2.05) is 61.5 Å². The minimum atomic E-state index is -0.245. The van der Waals surface area contributed by atoms with Crippen molar-refractivity contribution in [2.45, 2.75) is 46.1 Å². The molecule has 0 aliphatic carbocycles. The van der Waals surface area contributed by atoms with Crippen LogP contribution in [-0.4, -0.2) is 13.1 Å². The monoisotopic (exact) mass is 352 g/mol. The van der Waals surface area contributed by atoms with Crippen LogP contribution >= 0.6 is 0 Å². The predicted octanol–water partition coefficient (Wildman–Crippen LogP) is 5.71. The lowest BCUT2D eigenvalue weighted by Gasteiger charge is -2.10. The lowest BCUT2D eigenvalue weighted by molar-refractivity contribution is -0.136. The Labute approximate surface area is 156 Å². The van der Waals surface area contributed by atoms with Crippen LogP contribution in [0.3, 0.4) is 0 Å². The van der Waals surface area contributed by atoms with Crippen molar-refractivity contribution in [3.8, 4) is 5.75 Å². The number of esters is 1. The minimum Gasteiger partial charge on any atom is -0.489 e. The molecule has 0 unspecified atom stereocenters. The summed E-state index contributed by atoms with van der Waals surface area (Å²) in [5, 5.41) is 0. The lowest BCUT2D eigenvalue weighted by Crippen LogP contribution is -2.05. The summed E-state index contributed by atoms with van der Waals surface area (Å²) in [6.07, 6.45) is 5.92. The molecule has 0 spiro atoms. The van der Waals surface area contributed by atoms with Gasteiger partial charge in [-0.25, -0.2) is 4.79 Å². The number of methoxy groups -OCH3 is 1. The van der Waals surface area contributed by atoms with Crippen LogP contribution in [0.2, 0.25) is 0 Å². The van der Waals surface area contributed by atoms with Gasteiger partial charge in [-0.3, -0.25) is 0 Å². The Morgan fingerprint density at radius 3 is 2.50 bits per heavy atom.